The van der Waals surface area contributed by atoms with Crippen molar-refractivity contribution in [2.45, 2.75) is 78.1 Å². The van der Waals surface area contributed by atoms with Crippen LogP contribution in [-0.2, 0) is 30.0 Å². The van der Waals surface area contributed by atoms with Gasteiger partial charge in [0.25, 0.3) is 20.4 Å². The third-order valence-corrected chi connectivity index (χ3v) is 13.2. The number of rotatable bonds is 15. The Kier molecular flexibility index (Phi) is 22.0. The molecule has 0 aromatic heterocycles. The van der Waals surface area contributed by atoms with Gasteiger partial charge in [0.2, 0.25) is 11.8 Å². The molecule has 380 valence electrons. The van der Waals surface area contributed by atoms with E-state index in [0.29, 0.717) is 76.9 Å². The molecule has 2 aliphatic rings. The maximum atomic E-state index is 12.5. The summed E-state index contributed by atoms with van der Waals surface area (Å²) in [5.74, 6) is 4.15. The molecule has 17 nitrogen and oxygen atoms in total. The Bertz CT molecular complexity index is 2580. The topological polar surface area (TPSA) is 257 Å². The van der Waals surface area contributed by atoms with Crippen molar-refractivity contribution in [2.75, 3.05) is 51.0 Å². The smallest absolute Gasteiger partial charge is 0.276 e. The fourth-order valence-electron chi connectivity index (χ4n) is 7.55. The fourth-order valence-corrected chi connectivity index (χ4v) is 9.40. The van der Waals surface area contributed by atoms with Gasteiger partial charge < -0.3 is 34.9 Å². The summed E-state index contributed by atoms with van der Waals surface area (Å²) in [6, 6.07) is 17.6. The molecule has 2 amide bonds. The van der Waals surface area contributed by atoms with E-state index in [9.17, 15) is 26.4 Å². The quantitative estimate of drug-likeness (QED) is 0.0653. The average molecular weight is 1080 g/mol. The molecule has 0 atom stereocenters. The first-order valence-corrected chi connectivity index (χ1v) is 26.6. The van der Waals surface area contributed by atoms with E-state index in [1.165, 1.54) is 4.31 Å². The first-order chi connectivity index (χ1) is 32.3. The van der Waals surface area contributed by atoms with Gasteiger partial charge in [0.1, 0.15) is 23.0 Å². The number of nitrogens with zero attached hydrogens (tertiary/aromatic N) is 1. The highest BCUT2D eigenvalue weighted by molar-refractivity contribution is 7.87. The third-order valence-electron chi connectivity index (χ3n) is 11.0. The SMILES string of the molecule is COc1ccc(Oc2c(Cl)cc(NC(=O)CC3CCN(S(N)(=O)=O)CC3)cc2Cl)cc1C(C)C.COc1ccc(Oc2c(Cl)cc(NC(=O)CC3CCNCC3)cc2Cl)cc1C(C)C.NS(N)(=O)=O. The van der Waals surface area contributed by atoms with Gasteiger partial charge in [0.15, 0.2) is 11.5 Å². The number of nitrogens with one attached hydrogen (secondary N) is 3. The Morgan fingerprint density at radius 2 is 0.986 bits per heavy atom. The van der Waals surface area contributed by atoms with Crippen LogP contribution < -0.4 is 50.3 Å². The lowest BCUT2D eigenvalue weighted by Gasteiger charge is -2.29. The second-order valence-corrected chi connectivity index (χ2v) is 21.4. The minimum absolute atomic E-state index is 0.0283. The number of methoxy groups -OCH3 is 2. The molecular formula is C46H61Cl4N7O10S2. The van der Waals surface area contributed by atoms with Crippen LogP contribution in [0.25, 0.3) is 0 Å². The van der Waals surface area contributed by atoms with Crippen LogP contribution in [0.2, 0.25) is 20.1 Å². The summed E-state index contributed by atoms with van der Waals surface area (Å²) in [6.07, 6.45) is 3.93. The molecular weight excluding hydrogens is 1020 g/mol. The molecule has 4 aromatic carbocycles. The van der Waals surface area contributed by atoms with Crippen molar-refractivity contribution in [2.24, 2.45) is 27.3 Å². The Hall–Kier alpha value is -4.12. The summed E-state index contributed by atoms with van der Waals surface area (Å²) in [5, 5.41) is 23.6. The van der Waals surface area contributed by atoms with E-state index in [1.807, 2.05) is 30.3 Å². The molecule has 9 N–H and O–H groups in total. The summed E-state index contributed by atoms with van der Waals surface area (Å²) in [7, 11) is -4.09. The maximum absolute atomic E-state index is 12.5. The van der Waals surface area contributed by atoms with Crippen LogP contribution in [0.5, 0.6) is 34.5 Å². The Morgan fingerprint density at radius 3 is 1.30 bits per heavy atom. The number of halogens is 4. The predicted octanol–water partition coefficient (Wildman–Crippen LogP) is 9.56. The van der Waals surface area contributed by atoms with Crippen LogP contribution in [0.1, 0.15) is 89.2 Å². The van der Waals surface area contributed by atoms with Gasteiger partial charge in [-0.15, -0.1) is 0 Å². The number of ether oxygens (including phenoxy) is 4. The summed E-state index contributed by atoms with van der Waals surface area (Å²) < 4.78 is 65.2. The van der Waals surface area contributed by atoms with Gasteiger partial charge in [-0.2, -0.15) is 21.1 Å². The normalized spacial score (nSPS) is 14.8. The van der Waals surface area contributed by atoms with Gasteiger partial charge >= 0.3 is 0 Å². The number of amides is 2. The Balaban J connectivity index is 0.000000275. The van der Waals surface area contributed by atoms with Gasteiger partial charge in [-0.05, 0) is 123 Å². The van der Waals surface area contributed by atoms with Gasteiger partial charge in [-0.3, -0.25) is 9.59 Å². The van der Waals surface area contributed by atoms with Crippen molar-refractivity contribution in [3.8, 4) is 34.5 Å². The highest BCUT2D eigenvalue weighted by atomic mass is 35.5. The molecule has 2 aliphatic heterocycles. The Morgan fingerprint density at radius 1 is 0.638 bits per heavy atom. The van der Waals surface area contributed by atoms with Crippen LogP contribution in [-0.4, -0.2) is 73.4 Å². The van der Waals surface area contributed by atoms with Gasteiger partial charge in [0.05, 0.1) is 34.3 Å². The first kappa shape index (κ1) is 57.5. The van der Waals surface area contributed by atoms with Crippen LogP contribution in [0.4, 0.5) is 11.4 Å². The van der Waals surface area contributed by atoms with E-state index in [4.69, 9.17) is 70.5 Å². The fraction of sp³-hybridized carbons (Fsp3) is 0.435. The Labute approximate surface area is 425 Å². The lowest BCUT2D eigenvalue weighted by Crippen LogP contribution is -2.42. The van der Waals surface area contributed by atoms with Crippen LogP contribution >= 0.6 is 46.4 Å². The van der Waals surface area contributed by atoms with E-state index >= 15 is 0 Å². The zero-order valence-corrected chi connectivity index (χ0v) is 43.9. The second-order valence-electron chi connectivity index (χ2n) is 17.0. The molecule has 0 spiro atoms. The number of anilines is 2. The zero-order chi connectivity index (χ0) is 51.2. The van der Waals surface area contributed by atoms with Crippen molar-refractivity contribution in [3.05, 3.63) is 91.9 Å². The maximum Gasteiger partial charge on any atom is 0.276 e. The van der Waals surface area contributed by atoms with Gasteiger partial charge in [0, 0.05) is 48.4 Å². The van der Waals surface area contributed by atoms with Crippen LogP contribution in [0.3, 0.4) is 0 Å². The molecule has 0 radical (unpaired) electrons. The largest absolute Gasteiger partial charge is 0.496 e. The minimum Gasteiger partial charge on any atom is -0.496 e. The molecule has 23 heteroatoms. The molecule has 0 aliphatic carbocycles. The van der Waals surface area contributed by atoms with Crippen molar-refractivity contribution >= 4 is 90.0 Å². The molecule has 0 bridgehead atoms. The third kappa shape index (κ3) is 18.9. The van der Waals surface area contributed by atoms with E-state index < -0.39 is 20.4 Å². The first-order valence-electron chi connectivity index (χ1n) is 21.9. The van der Waals surface area contributed by atoms with E-state index in [-0.39, 0.29) is 51.8 Å². The highest BCUT2D eigenvalue weighted by Crippen LogP contribution is 2.42. The number of carbonyl (C=O) groups excluding carboxylic acids is 2. The van der Waals surface area contributed by atoms with Crippen LogP contribution in [0, 0.1) is 11.8 Å². The number of piperidine rings is 2. The summed E-state index contributed by atoms with van der Waals surface area (Å²) in [6.45, 7) is 10.8. The van der Waals surface area contributed by atoms with Gasteiger partial charge in [-0.1, -0.05) is 74.1 Å². The number of hydrogen-bond acceptors (Lipinski definition) is 11. The molecule has 4 aromatic rings. The highest BCUT2D eigenvalue weighted by Gasteiger charge is 2.27. The minimum atomic E-state index is -3.69. The lowest BCUT2D eigenvalue weighted by molar-refractivity contribution is -0.118. The standard InChI is InChI=1S/C23H29Cl2N3O5S.C23H28Cl2N2O3.H4N2O2S/c1-14(2)18-13-17(4-5-21(18)32-3)33-23-19(24)11-16(12-20(23)25)27-22(29)10-15-6-8-28(9-7-15)34(26,30)31;1-14(2)18-13-17(4-5-21(18)29-3)30-23-19(24)11-16(12-20(23)25)27-22(28)10-15-6-8-26-9-7-15;1-5(2,3)4/h4-5,11-15H,6-10H2,1-3H3,(H,27,29)(H2,26,30,31);4-5,11-15,26H,6-10H2,1-3H3,(H,27,28);(H4,1,2,3,4). The van der Waals surface area contributed by atoms with Crippen molar-refractivity contribution < 1.29 is 45.4 Å². The second kappa shape index (κ2) is 26.4. The number of nitrogens with two attached hydrogens (primary N) is 3. The van der Waals surface area contributed by atoms with Gasteiger partial charge in [-0.25, -0.2) is 15.4 Å². The van der Waals surface area contributed by atoms with E-state index in [1.54, 1.807) is 44.6 Å². The number of carbonyl (C=O) groups is 2. The molecule has 6 rings (SSSR count). The van der Waals surface area contributed by atoms with Crippen LogP contribution in [0.15, 0.2) is 60.7 Å². The number of benzene rings is 4. The average Bonchev–Trinajstić information content (AvgIpc) is 3.26. The molecule has 69 heavy (non-hydrogen) atoms. The van der Waals surface area contributed by atoms with Crippen molar-refractivity contribution in [1.82, 2.24) is 9.62 Å². The summed E-state index contributed by atoms with van der Waals surface area (Å²) in [4.78, 5) is 24.9. The van der Waals surface area contributed by atoms with E-state index in [2.05, 4.69) is 53.9 Å². The predicted molar refractivity (Wildman–Crippen MR) is 274 cm³/mol. The van der Waals surface area contributed by atoms with E-state index in [0.717, 1.165) is 48.6 Å². The summed E-state index contributed by atoms with van der Waals surface area (Å²) in [5.41, 5.74) is 3.04. The molecule has 2 fully saturated rings. The van der Waals surface area contributed by atoms with Crippen molar-refractivity contribution in [3.63, 3.8) is 0 Å². The summed E-state index contributed by atoms with van der Waals surface area (Å²) >= 11 is 25.7. The van der Waals surface area contributed by atoms with Crippen molar-refractivity contribution in [1.29, 1.82) is 0 Å². The lowest BCUT2D eigenvalue weighted by atomic mass is 9.94. The molecule has 2 heterocycles. The molecule has 0 saturated carbocycles. The number of hydrogen-bond donors (Lipinski definition) is 6. The zero-order valence-electron chi connectivity index (χ0n) is 39.2. The molecule has 0 unspecified atom stereocenters. The molecule has 2 saturated heterocycles. The monoisotopic (exact) mass is 1080 g/mol.